The summed E-state index contributed by atoms with van der Waals surface area (Å²) in [6, 6.07) is -0.887. The lowest BCUT2D eigenvalue weighted by Crippen LogP contribution is -2.45. The Morgan fingerprint density at radius 1 is 1.17 bits per heavy atom. The molecule has 1 N–H and O–H groups in total. The summed E-state index contributed by atoms with van der Waals surface area (Å²) in [7, 11) is 0. The van der Waals surface area contributed by atoms with Crippen LogP contribution in [0.3, 0.4) is 0 Å². The number of amides is 1. The van der Waals surface area contributed by atoms with Gasteiger partial charge in [0.25, 0.3) is 11.9 Å². The SMILES string of the molecule is O=C1CC(NC(=O)C2CCCCC2)C(=O)[O][Al][O]1. The zero-order chi connectivity index (χ0) is 13.0. The van der Waals surface area contributed by atoms with Gasteiger partial charge in [0.2, 0.25) is 5.91 Å². The minimum Gasteiger partial charge on any atom is -0.589 e. The molecule has 0 spiro atoms. The van der Waals surface area contributed by atoms with E-state index < -0.39 is 33.9 Å². The van der Waals surface area contributed by atoms with Gasteiger partial charge in [-0.15, -0.1) is 0 Å². The third-order valence-electron chi connectivity index (χ3n) is 3.29. The van der Waals surface area contributed by atoms with Gasteiger partial charge in [-0.05, 0) is 12.8 Å². The van der Waals surface area contributed by atoms with Crippen LogP contribution < -0.4 is 5.32 Å². The summed E-state index contributed by atoms with van der Waals surface area (Å²) >= 11 is -1.08. The van der Waals surface area contributed by atoms with E-state index in [-0.39, 0.29) is 18.2 Å². The first-order chi connectivity index (χ1) is 8.66. The smallest absolute Gasteiger partial charge is 0.589 e. The fraction of sp³-hybridized carbons (Fsp3) is 0.727. The molecule has 18 heavy (non-hydrogen) atoms. The normalized spacial score (nSPS) is 25.4. The third-order valence-corrected chi connectivity index (χ3v) is 3.98. The molecule has 0 bridgehead atoms. The van der Waals surface area contributed by atoms with E-state index in [1.165, 1.54) is 0 Å². The maximum absolute atomic E-state index is 12.0. The Bertz CT molecular complexity index is 353. The third kappa shape index (κ3) is 3.47. The van der Waals surface area contributed by atoms with Crippen LogP contribution in [0, 0.1) is 5.92 Å². The second-order valence-electron chi connectivity index (χ2n) is 4.62. The van der Waals surface area contributed by atoms with Crippen molar-refractivity contribution in [2.45, 2.75) is 44.6 Å². The van der Waals surface area contributed by atoms with Gasteiger partial charge in [-0.2, -0.15) is 0 Å². The molecular formula is C11H15AlNO5. The van der Waals surface area contributed by atoms with E-state index in [1.54, 1.807) is 0 Å². The topological polar surface area (TPSA) is 81.7 Å². The second kappa shape index (κ2) is 6.21. The number of carbonyl (C=O) groups excluding carboxylic acids is 3. The molecule has 2 aliphatic rings. The molecule has 1 unspecified atom stereocenters. The van der Waals surface area contributed by atoms with Crippen molar-refractivity contribution >= 4 is 33.7 Å². The summed E-state index contributed by atoms with van der Waals surface area (Å²) in [6.45, 7) is 0. The van der Waals surface area contributed by atoms with Crippen LogP contribution in [0.2, 0.25) is 0 Å². The van der Waals surface area contributed by atoms with E-state index in [4.69, 9.17) is 3.79 Å². The minimum absolute atomic E-state index is 0.0434. The first kappa shape index (κ1) is 13.4. The molecule has 1 saturated heterocycles. The summed E-state index contributed by atoms with van der Waals surface area (Å²) in [5.74, 6) is -1.26. The molecule has 7 heteroatoms. The number of nitrogens with one attached hydrogen (secondary N) is 1. The van der Waals surface area contributed by atoms with Crippen molar-refractivity contribution in [2.24, 2.45) is 5.92 Å². The number of rotatable bonds is 2. The molecule has 1 amide bonds. The van der Waals surface area contributed by atoms with E-state index in [2.05, 4.69) is 9.11 Å². The van der Waals surface area contributed by atoms with E-state index in [0.29, 0.717) is 0 Å². The maximum atomic E-state index is 12.0. The zero-order valence-electron chi connectivity index (χ0n) is 10.0. The van der Waals surface area contributed by atoms with Gasteiger partial charge >= 0.3 is 15.9 Å². The molecule has 1 atom stereocenters. The second-order valence-corrected chi connectivity index (χ2v) is 5.29. The molecule has 1 radical (unpaired) electrons. The van der Waals surface area contributed by atoms with Gasteiger partial charge in [0, 0.05) is 5.92 Å². The highest BCUT2D eigenvalue weighted by Crippen LogP contribution is 2.23. The highest BCUT2D eigenvalue weighted by atomic mass is 27.2. The average molecular weight is 268 g/mol. The van der Waals surface area contributed by atoms with Crippen LogP contribution in [-0.4, -0.2) is 39.8 Å². The average Bonchev–Trinajstić information content (AvgIpc) is 2.53. The van der Waals surface area contributed by atoms with Gasteiger partial charge in [-0.1, -0.05) is 19.3 Å². The Kier molecular flexibility index (Phi) is 4.61. The first-order valence-corrected chi connectivity index (χ1v) is 7.13. The fourth-order valence-corrected chi connectivity index (χ4v) is 2.78. The predicted octanol–water partition coefficient (Wildman–Crippen LogP) is 0.0758. The quantitative estimate of drug-likeness (QED) is 0.717. The highest BCUT2D eigenvalue weighted by Gasteiger charge is 2.33. The van der Waals surface area contributed by atoms with Crippen molar-refractivity contribution < 1.29 is 22.0 Å². The molecule has 97 valence electrons. The maximum Gasteiger partial charge on any atom is 0.885 e. The summed E-state index contributed by atoms with van der Waals surface area (Å²) in [6.07, 6.45) is 4.81. The van der Waals surface area contributed by atoms with Crippen molar-refractivity contribution in [3.63, 3.8) is 0 Å². The fourth-order valence-electron chi connectivity index (χ4n) is 2.27. The molecule has 6 nitrogen and oxygen atoms in total. The van der Waals surface area contributed by atoms with Gasteiger partial charge < -0.3 is 12.9 Å². The van der Waals surface area contributed by atoms with Crippen molar-refractivity contribution in [3.05, 3.63) is 0 Å². The van der Waals surface area contributed by atoms with Crippen LogP contribution in [-0.2, 0) is 22.0 Å². The van der Waals surface area contributed by atoms with Crippen molar-refractivity contribution in [1.82, 2.24) is 5.32 Å². The van der Waals surface area contributed by atoms with Gasteiger partial charge in [0.05, 0.1) is 6.42 Å². The summed E-state index contributed by atoms with van der Waals surface area (Å²) < 4.78 is 9.44. The summed E-state index contributed by atoms with van der Waals surface area (Å²) in [5, 5.41) is 2.61. The van der Waals surface area contributed by atoms with Gasteiger partial charge in [-0.3, -0.25) is 14.4 Å². The lowest BCUT2D eigenvalue weighted by Gasteiger charge is -2.23. The van der Waals surface area contributed by atoms with Crippen LogP contribution in [0.5, 0.6) is 0 Å². The van der Waals surface area contributed by atoms with Crippen molar-refractivity contribution in [1.29, 1.82) is 0 Å². The summed E-state index contributed by atoms with van der Waals surface area (Å²) in [5.41, 5.74) is 0. The Morgan fingerprint density at radius 3 is 2.61 bits per heavy atom. The lowest BCUT2D eigenvalue weighted by molar-refractivity contribution is -0.141. The zero-order valence-corrected chi connectivity index (χ0v) is 11.2. The number of carbonyl (C=O) groups is 3. The molecule has 1 aliphatic carbocycles. The number of hydrogen-bond acceptors (Lipinski definition) is 5. The molecule has 1 saturated carbocycles. The Labute approximate surface area is 112 Å². The Hall–Kier alpha value is -1.06. The van der Waals surface area contributed by atoms with E-state index >= 15 is 0 Å². The van der Waals surface area contributed by atoms with Crippen LogP contribution >= 0.6 is 0 Å². The monoisotopic (exact) mass is 268 g/mol. The summed E-state index contributed by atoms with van der Waals surface area (Å²) in [4.78, 5) is 34.7. The largest absolute Gasteiger partial charge is 0.885 e. The van der Waals surface area contributed by atoms with E-state index in [1.807, 2.05) is 0 Å². The molecule has 1 aliphatic heterocycles. The van der Waals surface area contributed by atoms with Crippen LogP contribution in [0.1, 0.15) is 38.5 Å². The molecular weight excluding hydrogens is 253 g/mol. The number of hydrogen-bond donors (Lipinski definition) is 1. The van der Waals surface area contributed by atoms with Crippen LogP contribution in [0.25, 0.3) is 0 Å². The predicted molar refractivity (Wildman–Crippen MR) is 61.1 cm³/mol. The standard InChI is InChI=1S/C11H17NO5.Al/c13-9(14)6-8(11(16)17)12-10(15)7-4-2-1-3-5-7;/h7-8H,1-6H2,(H,12,15)(H,13,14)(H,16,17);/q;+2/p-2. The Morgan fingerprint density at radius 2 is 1.89 bits per heavy atom. The molecule has 2 rings (SSSR count). The highest BCUT2D eigenvalue weighted by molar-refractivity contribution is 6.27. The van der Waals surface area contributed by atoms with E-state index in [0.717, 1.165) is 32.1 Å². The van der Waals surface area contributed by atoms with Crippen molar-refractivity contribution in [2.75, 3.05) is 0 Å². The first-order valence-electron chi connectivity index (χ1n) is 6.19. The molecule has 1 heterocycles. The molecule has 0 aromatic carbocycles. The molecule has 0 aromatic heterocycles. The lowest BCUT2D eigenvalue weighted by atomic mass is 9.88. The van der Waals surface area contributed by atoms with Crippen LogP contribution in [0.15, 0.2) is 0 Å². The molecule has 2 fully saturated rings. The minimum atomic E-state index is -1.08. The van der Waals surface area contributed by atoms with Crippen molar-refractivity contribution in [3.8, 4) is 0 Å². The molecule has 0 aromatic rings. The van der Waals surface area contributed by atoms with Gasteiger partial charge in [0.15, 0.2) is 0 Å². The van der Waals surface area contributed by atoms with Gasteiger partial charge in [0.1, 0.15) is 6.04 Å². The van der Waals surface area contributed by atoms with E-state index in [9.17, 15) is 14.4 Å². The Balaban J connectivity index is 1.91. The van der Waals surface area contributed by atoms with Gasteiger partial charge in [-0.25, -0.2) is 0 Å². The van der Waals surface area contributed by atoms with Crippen LogP contribution in [0.4, 0.5) is 0 Å².